The van der Waals surface area contributed by atoms with Crippen molar-refractivity contribution >= 4 is 16.9 Å². The second-order valence-electron chi connectivity index (χ2n) is 7.99. The first kappa shape index (κ1) is 18.0. The molecule has 0 spiro atoms. The Morgan fingerprint density at radius 3 is 2.96 bits per heavy atom. The van der Waals surface area contributed by atoms with Crippen LogP contribution in [0.5, 0.6) is 5.75 Å². The SMILES string of the molecule is Cc1c(O)ccc2c(CC(=O)N3CCC4(O)CCCCC4C3)cc(=O)oc12. The van der Waals surface area contributed by atoms with Gasteiger partial charge >= 0.3 is 5.63 Å². The van der Waals surface area contributed by atoms with Gasteiger partial charge < -0.3 is 19.5 Å². The summed E-state index contributed by atoms with van der Waals surface area (Å²) in [7, 11) is 0. The highest BCUT2D eigenvalue weighted by Crippen LogP contribution is 2.40. The van der Waals surface area contributed by atoms with Gasteiger partial charge in [-0.25, -0.2) is 4.79 Å². The fourth-order valence-corrected chi connectivity index (χ4v) is 4.63. The van der Waals surface area contributed by atoms with E-state index in [-0.39, 0.29) is 24.0 Å². The molecule has 6 heteroatoms. The minimum atomic E-state index is -0.621. The lowest BCUT2D eigenvalue weighted by Gasteiger charge is -2.47. The van der Waals surface area contributed by atoms with Crippen LogP contribution in [0.25, 0.3) is 11.0 Å². The van der Waals surface area contributed by atoms with Gasteiger partial charge in [0.1, 0.15) is 11.3 Å². The second kappa shape index (κ2) is 6.68. The number of phenolic OH excluding ortho intramolecular Hbond substituents is 1. The minimum absolute atomic E-state index is 0.0414. The molecule has 2 aliphatic rings. The number of likely N-dealkylation sites (tertiary alicyclic amines) is 1. The van der Waals surface area contributed by atoms with Crippen LogP contribution in [0.3, 0.4) is 0 Å². The van der Waals surface area contributed by atoms with Gasteiger partial charge in [-0.2, -0.15) is 0 Å². The molecule has 1 saturated heterocycles. The van der Waals surface area contributed by atoms with Crippen LogP contribution >= 0.6 is 0 Å². The van der Waals surface area contributed by atoms with Crippen molar-refractivity contribution in [3.63, 3.8) is 0 Å². The number of aliphatic hydroxyl groups is 1. The Balaban J connectivity index is 1.58. The molecule has 1 aliphatic heterocycles. The lowest BCUT2D eigenvalue weighted by molar-refractivity contribution is -0.142. The number of hydrogen-bond donors (Lipinski definition) is 2. The lowest BCUT2D eigenvalue weighted by Crippen LogP contribution is -2.54. The topological polar surface area (TPSA) is 91.0 Å². The Kier molecular flexibility index (Phi) is 4.46. The maximum atomic E-state index is 12.9. The number of aryl methyl sites for hydroxylation is 1. The highest BCUT2D eigenvalue weighted by molar-refractivity contribution is 5.89. The zero-order chi connectivity index (χ0) is 19.2. The van der Waals surface area contributed by atoms with Crippen LogP contribution in [-0.2, 0) is 11.2 Å². The van der Waals surface area contributed by atoms with E-state index >= 15 is 0 Å². The standard InChI is InChI=1S/C21H25NO5/c1-13-17(23)6-5-16-14(11-19(25)27-20(13)16)10-18(24)22-9-8-21(26)7-3-2-4-15(21)12-22/h5-6,11,15,23,26H,2-4,7-10,12H2,1H3. The number of aromatic hydroxyl groups is 1. The predicted molar refractivity (Wildman–Crippen MR) is 101 cm³/mol. The van der Waals surface area contributed by atoms with Crippen LogP contribution in [-0.4, -0.2) is 39.7 Å². The highest BCUT2D eigenvalue weighted by atomic mass is 16.4. The first-order valence-electron chi connectivity index (χ1n) is 9.63. The molecule has 1 aromatic heterocycles. The third-order valence-electron chi connectivity index (χ3n) is 6.34. The molecule has 1 amide bonds. The van der Waals surface area contributed by atoms with Crippen LogP contribution < -0.4 is 5.63 Å². The lowest BCUT2D eigenvalue weighted by atomic mass is 9.71. The molecule has 2 atom stereocenters. The van der Waals surface area contributed by atoms with Crippen molar-refractivity contribution in [2.45, 2.75) is 51.0 Å². The number of benzene rings is 1. The molecule has 6 nitrogen and oxygen atoms in total. The summed E-state index contributed by atoms with van der Waals surface area (Å²) in [5.41, 5.74) is 0.275. The Labute approximate surface area is 157 Å². The van der Waals surface area contributed by atoms with Gasteiger partial charge in [0.2, 0.25) is 5.91 Å². The van der Waals surface area contributed by atoms with Crippen molar-refractivity contribution < 1.29 is 19.4 Å². The van der Waals surface area contributed by atoms with Gasteiger partial charge in [0.05, 0.1) is 12.0 Å². The highest BCUT2D eigenvalue weighted by Gasteiger charge is 2.43. The van der Waals surface area contributed by atoms with Gasteiger partial charge in [-0.3, -0.25) is 4.79 Å². The number of amides is 1. The zero-order valence-corrected chi connectivity index (χ0v) is 15.5. The van der Waals surface area contributed by atoms with Crippen molar-refractivity contribution in [2.75, 3.05) is 13.1 Å². The van der Waals surface area contributed by atoms with Gasteiger partial charge in [0.25, 0.3) is 0 Å². The summed E-state index contributed by atoms with van der Waals surface area (Å²) in [5.74, 6) is 0.155. The fourth-order valence-electron chi connectivity index (χ4n) is 4.63. The normalized spacial score (nSPS) is 25.4. The van der Waals surface area contributed by atoms with Gasteiger partial charge in [0.15, 0.2) is 0 Å². The third kappa shape index (κ3) is 3.23. The van der Waals surface area contributed by atoms with Crippen LogP contribution in [0.15, 0.2) is 27.4 Å². The van der Waals surface area contributed by atoms with Crippen LogP contribution in [0.4, 0.5) is 0 Å². The number of fused-ring (bicyclic) bond motifs is 2. The summed E-state index contributed by atoms with van der Waals surface area (Å²) < 4.78 is 5.25. The molecule has 0 radical (unpaired) electrons. The van der Waals surface area contributed by atoms with Crippen molar-refractivity contribution in [2.24, 2.45) is 5.92 Å². The summed E-state index contributed by atoms with van der Waals surface area (Å²) in [4.78, 5) is 26.7. The molecular weight excluding hydrogens is 346 g/mol. The van der Waals surface area contributed by atoms with E-state index in [4.69, 9.17) is 4.42 Å². The summed E-state index contributed by atoms with van der Waals surface area (Å²) in [6.45, 7) is 2.81. The summed E-state index contributed by atoms with van der Waals surface area (Å²) in [6, 6.07) is 4.59. The molecule has 27 heavy (non-hydrogen) atoms. The van der Waals surface area contributed by atoms with Crippen LogP contribution in [0, 0.1) is 12.8 Å². The number of rotatable bonds is 2. The monoisotopic (exact) mass is 371 g/mol. The van der Waals surface area contributed by atoms with Crippen LogP contribution in [0.1, 0.15) is 43.2 Å². The van der Waals surface area contributed by atoms with E-state index in [1.807, 2.05) is 4.90 Å². The molecule has 2 aromatic rings. The maximum Gasteiger partial charge on any atom is 0.336 e. The Hall–Kier alpha value is -2.34. The number of carbonyl (C=O) groups is 1. The first-order chi connectivity index (χ1) is 12.9. The van der Waals surface area contributed by atoms with E-state index in [0.717, 1.165) is 25.7 Å². The number of nitrogens with zero attached hydrogens (tertiary/aromatic N) is 1. The second-order valence-corrected chi connectivity index (χ2v) is 7.99. The molecule has 2 N–H and O–H groups in total. The van der Waals surface area contributed by atoms with Crippen molar-refractivity contribution in [3.8, 4) is 5.75 Å². The average Bonchev–Trinajstić information content (AvgIpc) is 2.64. The number of piperidine rings is 1. The first-order valence-corrected chi connectivity index (χ1v) is 9.63. The van der Waals surface area contributed by atoms with E-state index in [1.54, 1.807) is 19.1 Å². The third-order valence-corrected chi connectivity index (χ3v) is 6.34. The van der Waals surface area contributed by atoms with Crippen LogP contribution in [0.2, 0.25) is 0 Å². The molecule has 4 rings (SSSR count). The van der Waals surface area contributed by atoms with E-state index in [1.165, 1.54) is 6.07 Å². The summed E-state index contributed by atoms with van der Waals surface area (Å²) in [6.07, 6.45) is 4.66. The molecule has 1 aromatic carbocycles. The summed E-state index contributed by atoms with van der Waals surface area (Å²) in [5, 5.41) is 21.3. The molecule has 2 fully saturated rings. The molecule has 1 saturated carbocycles. The minimum Gasteiger partial charge on any atom is -0.508 e. The number of hydrogen-bond acceptors (Lipinski definition) is 5. The largest absolute Gasteiger partial charge is 0.508 e. The van der Waals surface area contributed by atoms with E-state index in [2.05, 4.69) is 0 Å². The Morgan fingerprint density at radius 2 is 2.15 bits per heavy atom. The molecule has 2 unspecified atom stereocenters. The van der Waals surface area contributed by atoms with Crippen molar-refractivity contribution in [3.05, 3.63) is 39.7 Å². The van der Waals surface area contributed by atoms with Gasteiger partial charge in [-0.05, 0) is 43.9 Å². The predicted octanol–water partition coefficient (Wildman–Crippen LogP) is 2.50. The molecule has 0 bridgehead atoms. The zero-order valence-electron chi connectivity index (χ0n) is 15.5. The van der Waals surface area contributed by atoms with Crippen molar-refractivity contribution in [1.82, 2.24) is 4.90 Å². The van der Waals surface area contributed by atoms with Gasteiger partial charge in [-0.1, -0.05) is 12.8 Å². The Morgan fingerprint density at radius 1 is 1.33 bits per heavy atom. The average molecular weight is 371 g/mol. The Bertz CT molecular complexity index is 949. The quantitative estimate of drug-likeness (QED) is 0.792. The van der Waals surface area contributed by atoms with E-state index in [9.17, 15) is 19.8 Å². The van der Waals surface area contributed by atoms with Gasteiger partial charge in [0, 0.05) is 36.0 Å². The van der Waals surface area contributed by atoms with Gasteiger partial charge in [-0.15, -0.1) is 0 Å². The van der Waals surface area contributed by atoms with Crippen molar-refractivity contribution in [1.29, 1.82) is 0 Å². The van der Waals surface area contributed by atoms with E-state index < -0.39 is 11.2 Å². The smallest absolute Gasteiger partial charge is 0.336 e. The molecule has 2 heterocycles. The molecule has 1 aliphatic carbocycles. The summed E-state index contributed by atoms with van der Waals surface area (Å²) >= 11 is 0. The molecule has 144 valence electrons. The number of phenols is 1. The maximum absolute atomic E-state index is 12.9. The number of carbonyl (C=O) groups excluding carboxylic acids is 1. The fraction of sp³-hybridized carbons (Fsp3) is 0.524. The molecular formula is C21H25NO5. The van der Waals surface area contributed by atoms with E-state index in [0.29, 0.717) is 41.6 Å².